The number of carbonyl (C=O) groups excluding carboxylic acids is 1. The number of para-hydroxylation sites is 1. The van der Waals surface area contributed by atoms with E-state index < -0.39 is 6.10 Å². The van der Waals surface area contributed by atoms with Crippen molar-refractivity contribution in [3.05, 3.63) is 42.1 Å². The number of β-amino-alcohol motifs (C(OH)–C–C–N with tert-alkyl or cyclic N) is 1. The number of hydrogen-bond donors (Lipinski definition) is 2. The number of nitrogens with zero attached hydrogens (tertiary/aromatic N) is 2. The summed E-state index contributed by atoms with van der Waals surface area (Å²) in [6, 6.07) is 10.2. The SMILES string of the molecule is O=C(CN1C[C@@H](Cc2ccnc3ccccc23)[C@@H](O)C1)NCC1CCCCC1. The van der Waals surface area contributed by atoms with Gasteiger partial charge in [-0.15, -0.1) is 0 Å². The molecule has 1 saturated carbocycles. The number of hydrogen-bond acceptors (Lipinski definition) is 4. The van der Waals surface area contributed by atoms with E-state index in [0.717, 1.165) is 30.4 Å². The monoisotopic (exact) mass is 381 g/mol. The summed E-state index contributed by atoms with van der Waals surface area (Å²) in [5.74, 6) is 0.888. The Hall–Kier alpha value is -1.98. The molecule has 2 aliphatic rings. The molecule has 2 N–H and O–H groups in total. The number of carbonyl (C=O) groups is 1. The number of rotatable bonds is 6. The predicted octanol–water partition coefficient (Wildman–Crippen LogP) is 2.77. The third-order valence-corrected chi connectivity index (χ3v) is 6.38. The predicted molar refractivity (Wildman–Crippen MR) is 111 cm³/mol. The zero-order chi connectivity index (χ0) is 19.3. The van der Waals surface area contributed by atoms with Gasteiger partial charge in [-0.1, -0.05) is 37.5 Å². The zero-order valence-corrected chi connectivity index (χ0v) is 16.5. The van der Waals surface area contributed by atoms with Gasteiger partial charge in [0, 0.05) is 37.1 Å². The smallest absolute Gasteiger partial charge is 0.234 e. The van der Waals surface area contributed by atoms with Gasteiger partial charge in [-0.2, -0.15) is 0 Å². The summed E-state index contributed by atoms with van der Waals surface area (Å²) >= 11 is 0. The van der Waals surface area contributed by atoms with E-state index in [9.17, 15) is 9.90 Å². The fraction of sp³-hybridized carbons (Fsp3) is 0.565. The van der Waals surface area contributed by atoms with Crippen molar-refractivity contribution < 1.29 is 9.90 Å². The Morgan fingerprint density at radius 1 is 1.14 bits per heavy atom. The highest BCUT2D eigenvalue weighted by Crippen LogP contribution is 2.25. The van der Waals surface area contributed by atoms with Gasteiger partial charge in [0.25, 0.3) is 0 Å². The standard InChI is InChI=1S/C23H31N3O2/c27-22-15-26(16-23(28)25-13-17-6-2-1-3-7-17)14-19(22)12-18-10-11-24-21-9-5-4-8-20(18)21/h4-5,8-11,17,19,22,27H,1-3,6-7,12-16H2,(H,25,28)/t19-,22+/m1/s1. The molecule has 0 unspecified atom stereocenters. The van der Waals surface area contributed by atoms with E-state index >= 15 is 0 Å². The third-order valence-electron chi connectivity index (χ3n) is 6.38. The van der Waals surface area contributed by atoms with Crippen LogP contribution >= 0.6 is 0 Å². The van der Waals surface area contributed by atoms with Crippen molar-refractivity contribution >= 4 is 16.8 Å². The number of aliphatic hydroxyl groups is 1. The Morgan fingerprint density at radius 3 is 2.82 bits per heavy atom. The van der Waals surface area contributed by atoms with Crippen LogP contribution in [0.5, 0.6) is 0 Å². The van der Waals surface area contributed by atoms with Crippen molar-refractivity contribution in [2.45, 2.75) is 44.6 Å². The fourth-order valence-corrected chi connectivity index (χ4v) is 4.80. The molecular formula is C23H31N3O2. The first-order chi connectivity index (χ1) is 13.7. The Bertz CT molecular complexity index is 798. The maximum atomic E-state index is 12.3. The van der Waals surface area contributed by atoms with E-state index in [1.807, 2.05) is 24.4 Å². The van der Waals surface area contributed by atoms with Crippen molar-refractivity contribution in [1.29, 1.82) is 0 Å². The van der Waals surface area contributed by atoms with Gasteiger partial charge in [0.15, 0.2) is 0 Å². The van der Waals surface area contributed by atoms with Crippen molar-refractivity contribution in [1.82, 2.24) is 15.2 Å². The first kappa shape index (κ1) is 19.3. The summed E-state index contributed by atoms with van der Waals surface area (Å²) < 4.78 is 0. The van der Waals surface area contributed by atoms with E-state index in [0.29, 0.717) is 19.0 Å². The van der Waals surface area contributed by atoms with Crippen LogP contribution in [0.1, 0.15) is 37.7 Å². The maximum Gasteiger partial charge on any atom is 0.234 e. The molecule has 1 aromatic carbocycles. The van der Waals surface area contributed by atoms with Gasteiger partial charge in [-0.3, -0.25) is 14.7 Å². The average molecular weight is 382 g/mol. The van der Waals surface area contributed by atoms with Gasteiger partial charge in [0.05, 0.1) is 18.2 Å². The minimum absolute atomic E-state index is 0.0905. The number of likely N-dealkylation sites (tertiary alicyclic amines) is 1. The molecule has 5 nitrogen and oxygen atoms in total. The number of pyridine rings is 1. The first-order valence-corrected chi connectivity index (χ1v) is 10.7. The Kier molecular flexibility index (Phi) is 6.23. The van der Waals surface area contributed by atoms with Crippen LogP contribution in [0, 0.1) is 11.8 Å². The van der Waals surface area contributed by atoms with E-state index in [1.54, 1.807) is 0 Å². The quantitative estimate of drug-likeness (QED) is 0.808. The lowest BCUT2D eigenvalue weighted by Crippen LogP contribution is -2.38. The average Bonchev–Trinajstić information content (AvgIpc) is 3.06. The molecule has 1 amide bonds. The molecule has 4 rings (SSSR count). The van der Waals surface area contributed by atoms with Gasteiger partial charge in [-0.25, -0.2) is 0 Å². The lowest BCUT2D eigenvalue weighted by atomic mass is 9.89. The Balaban J connectivity index is 1.30. The van der Waals surface area contributed by atoms with E-state index in [2.05, 4.69) is 27.3 Å². The highest BCUT2D eigenvalue weighted by Gasteiger charge is 2.32. The number of benzene rings is 1. The molecule has 2 fully saturated rings. The number of fused-ring (bicyclic) bond motifs is 1. The molecule has 28 heavy (non-hydrogen) atoms. The fourth-order valence-electron chi connectivity index (χ4n) is 4.80. The summed E-state index contributed by atoms with van der Waals surface area (Å²) in [5, 5.41) is 14.8. The second kappa shape index (κ2) is 9.01. The highest BCUT2D eigenvalue weighted by molar-refractivity contribution is 5.81. The highest BCUT2D eigenvalue weighted by atomic mass is 16.3. The first-order valence-electron chi connectivity index (χ1n) is 10.7. The molecule has 1 aliphatic heterocycles. The van der Waals surface area contributed by atoms with Crippen LogP contribution in [0.4, 0.5) is 0 Å². The molecule has 2 atom stereocenters. The summed E-state index contributed by atoms with van der Waals surface area (Å²) in [4.78, 5) is 18.9. The van der Waals surface area contributed by atoms with Crippen molar-refractivity contribution in [3.8, 4) is 0 Å². The molecule has 1 aliphatic carbocycles. The van der Waals surface area contributed by atoms with Gasteiger partial charge in [-0.05, 0) is 42.9 Å². The third kappa shape index (κ3) is 4.70. The second-order valence-corrected chi connectivity index (χ2v) is 8.52. The molecule has 0 spiro atoms. The van der Waals surface area contributed by atoms with Crippen LogP contribution < -0.4 is 5.32 Å². The molecule has 2 aromatic rings. The van der Waals surface area contributed by atoms with E-state index in [-0.39, 0.29) is 11.8 Å². The molecule has 1 aromatic heterocycles. The second-order valence-electron chi connectivity index (χ2n) is 8.52. The number of amides is 1. The molecule has 0 radical (unpaired) electrons. The van der Waals surface area contributed by atoms with Crippen LogP contribution in [0.15, 0.2) is 36.5 Å². The van der Waals surface area contributed by atoms with Crippen LogP contribution in [0.3, 0.4) is 0 Å². The lowest BCUT2D eigenvalue weighted by molar-refractivity contribution is -0.122. The molecular weight excluding hydrogens is 350 g/mol. The van der Waals surface area contributed by atoms with Crippen LogP contribution in [-0.4, -0.2) is 53.2 Å². The van der Waals surface area contributed by atoms with Gasteiger partial charge in [0.1, 0.15) is 0 Å². The van der Waals surface area contributed by atoms with Crippen molar-refractivity contribution in [3.63, 3.8) is 0 Å². The summed E-state index contributed by atoms with van der Waals surface area (Å²) in [7, 11) is 0. The van der Waals surface area contributed by atoms with Gasteiger partial charge in [0.2, 0.25) is 5.91 Å². The van der Waals surface area contributed by atoms with Crippen molar-refractivity contribution in [2.24, 2.45) is 11.8 Å². The van der Waals surface area contributed by atoms with Crippen LogP contribution in [-0.2, 0) is 11.2 Å². The number of aliphatic hydroxyl groups excluding tert-OH is 1. The molecule has 150 valence electrons. The normalized spacial score (nSPS) is 23.9. The minimum Gasteiger partial charge on any atom is -0.391 e. The van der Waals surface area contributed by atoms with E-state index in [4.69, 9.17) is 0 Å². The largest absolute Gasteiger partial charge is 0.391 e. The van der Waals surface area contributed by atoms with Gasteiger partial charge < -0.3 is 10.4 Å². The number of aromatic nitrogens is 1. The minimum atomic E-state index is -0.391. The Labute approximate surface area is 167 Å². The Morgan fingerprint density at radius 2 is 1.96 bits per heavy atom. The summed E-state index contributed by atoms with van der Waals surface area (Å²) in [6.07, 6.45) is 8.67. The van der Waals surface area contributed by atoms with E-state index in [1.165, 1.54) is 37.7 Å². The molecule has 0 bridgehead atoms. The summed E-state index contributed by atoms with van der Waals surface area (Å²) in [6.45, 7) is 2.53. The topological polar surface area (TPSA) is 65.5 Å². The maximum absolute atomic E-state index is 12.3. The molecule has 1 saturated heterocycles. The lowest BCUT2D eigenvalue weighted by Gasteiger charge is -2.22. The molecule has 5 heteroatoms. The zero-order valence-electron chi connectivity index (χ0n) is 16.5. The van der Waals surface area contributed by atoms with Crippen LogP contribution in [0.25, 0.3) is 10.9 Å². The number of nitrogens with one attached hydrogen (secondary N) is 1. The van der Waals surface area contributed by atoms with Crippen LogP contribution in [0.2, 0.25) is 0 Å². The van der Waals surface area contributed by atoms with Gasteiger partial charge >= 0.3 is 0 Å². The summed E-state index contributed by atoms with van der Waals surface area (Å²) in [5.41, 5.74) is 2.21. The molecule has 2 heterocycles. The van der Waals surface area contributed by atoms with Crippen molar-refractivity contribution in [2.75, 3.05) is 26.2 Å².